The lowest BCUT2D eigenvalue weighted by Crippen LogP contribution is -2.58. The van der Waals surface area contributed by atoms with Crippen molar-refractivity contribution in [2.45, 2.75) is 38.8 Å². The van der Waals surface area contributed by atoms with Crippen LogP contribution >= 0.6 is 0 Å². The Hall–Kier alpha value is -2.08. The molecule has 1 rings (SSSR count). The lowest BCUT2D eigenvalue weighted by atomic mass is 10.0. The largest absolute Gasteiger partial charge is 0.352 e. The van der Waals surface area contributed by atoms with Crippen LogP contribution in [0.3, 0.4) is 0 Å². The van der Waals surface area contributed by atoms with Gasteiger partial charge in [0.1, 0.15) is 5.54 Å². The van der Waals surface area contributed by atoms with Gasteiger partial charge in [0.15, 0.2) is 0 Å². The second-order valence-corrected chi connectivity index (χ2v) is 6.24. The fourth-order valence-electron chi connectivity index (χ4n) is 1.55. The van der Waals surface area contributed by atoms with Crippen molar-refractivity contribution < 1.29 is 9.59 Å². The average molecular weight is 292 g/mol. The van der Waals surface area contributed by atoms with E-state index in [0.717, 1.165) is 0 Å². The molecular weight excluding hydrogens is 268 g/mol. The molecule has 0 aliphatic rings. The van der Waals surface area contributed by atoms with Gasteiger partial charge >= 0.3 is 6.03 Å². The molecule has 0 aliphatic carbocycles. The Kier molecular flexibility index (Phi) is 5.32. The van der Waals surface area contributed by atoms with Crippen molar-refractivity contribution in [2.24, 2.45) is 5.73 Å². The number of nitrogens with two attached hydrogens (primary N) is 1. The molecule has 0 aromatic heterocycles. The van der Waals surface area contributed by atoms with E-state index < -0.39 is 17.1 Å². The smallest absolute Gasteiger partial charge is 0.320 e. The molecule has 5 N–H and O–H groups in total. The number of hydrogen-bond donors (Lipinski definition) is 4. The van der Waals surface area contributed by atoms with Crippen molar-refractivity contribution in [3.8, 4) is 0 Å². The minimum Gasteiger partial charge on any atom is -0.352 e. The third-order valence-electron chi connectivity index (χ3n) is 2.73. The van der Waals surface area contributed by atoms with Crippen LogP contribution in [-0.2, 0) is 4.79 Å². The van der Waals surface area contributed by atoms with Crippen LogP contribution in [0, 0.1) is 0 Å². The molecular formula is C15H24N4O2. The van der Waals surface area contributed by atoms with Gasteiger partial charge < -0.3 is 21.7 Å². The van der Waals surface area contributed by atoms with Crippen LogP contribution in [0.4, 0.5) is 10.5 Å². The van der Waals surface area contributed by atoms with E-state index in [4.69, 9.17) is 5.73 Å². The summed E-state index contributed by atoms with van der Waals surface area (Å²) in [6.45, 7) is 7.23. The minimum atomic E-state index is -1.04. The first-order valence-electron chi connectivity index (χ1n) is 6.81. The van der Waals surface area contributed by atoms with Gasteiger partial charge in [-0.15, -0.1) is 0 Å². The highest BCUT2D eigenvalue weighted by molar-refractivity contribution is 5.95. The highest BCUT2D eigenvalue weighted by atomic mass is 16.2. The summed E-state index contributed by atoms with van der Waals surface area (Å²) >= 11 is 0. The third-order valence-corrected chi connectivity index (χ3v) is 2.73. The van der Waals surface area contributed by atoms with Crippen molar-refractivity contribution in [3.63, 3.8) is 0 Å². The Bertz CT molecular complexity index is 492. The molecule has 0 unspecified atom stereocenters. The Morgan fingerprint density at radius 3 is 2.19 bits per heavy atom. The predicted molar refractivity (Wildman–Crippen MR) is 84.0 cm³/mol. The van der Waals surface area contributed by atoms with Crippen LogP contribution < -0.4 is 21.7 Å². The second-order valence-electron chi connectivity index (χ2n) is 6.24. The van der Waals surface area contributed by atoms with E-state index in [1.807, 2.05) is 32.0 Å². The first-order chi connectivity index (χ1) is 9.60. The highest BCUT2D eigenvalue weighted by Crippen LogP contribution is 2.07. The maximum absolute atomic E-state index is 12.1. The Balaban J connectivity index is 2.54. The van der Waals surface area contributed by atoms with Gasteiger partial charge in [-0.3, -0.25) is 4.79 Å². The van der Waals surface area contributed by atoms with Gasteiger partial charge in [0.2, 0.25) is 5.91 Å². The van der Waals surface area contributed by atoms with Crippen molar-refractivity contribution in [1.82, 2.24) is 10.6 Å². The molecule has 0 fully saturated rings. The summed E-state index contributed by atoms with van der Waals surface area (Å²) in [7, 11) is 0. The van der Waals surface area contributed by atoms with E-state index in [0.29, 0.717) is 12.2 Å². The van der Waals surface area contributed by atoms with E-state index in [1.54, 1.807) is 26.0 Å². The van der Waals surface area contributed by atoms with Crippen molar-refractivity contribution in [1.29, 1.82) is 0 Å². The Labute approximate surface area is 125 Å². The predicted octanol–water partition coefficient (Wildman–Crippen LogP) is 1.44. The van der Waals surface area contributed by atoms with Crippen LogP contribution in [0.1, 0.15) is 27.7 Å². The number of anilines is 1. The zero-order chi connectivity index (χ0) is 16.1. The molecule has 21 heavy (non-hydrogen) atoms. The van der Waals surface area contributed by atoms with Gasteiger partial charge in [0.25, 0.3) is 0 Å². The molecule has 0 saturated heterocycles. The summed E-state index contributed by atoms with van der Waals surface area (Å²) < 4.78 is 0. The van der Waals surface area contributed by atoms with Gasteiger partial charge in [-0.2, -0.15) is 0 Å². The molecule has 1 aromatic carbocycles. The normalized spacial score (nSPS) is 11.7. The zero-order valence-electron chi connectivity index (χ0n) is 13.0. The van der Waals surface area contributed by atoms with Crippen LogP contribution in [0.2, 0.25) is 0 Å². The van der Waals surface area contributed by atoms with Crippen LogP contribution in [-0.4, -0.2) is 29.6 Å². The zero-order valence-corrected chi connectivity index (χ0v) is 13.0. The van der Waals surface area contributed by atoms with E-state index in [9.17, 15) is 9.59 Å². The number of urea groups is 1. The fourth-order valence-corrected chi connectivity index (χ4v) is 1.55. The lowest BCUT2D eigenvalue weighted by molar-refractivity contribution is -0.126. The van der Waals surface area contributed by atoms with Gasteiger partial charge in [-0.05, 0) is 39.8 Å². The molecule has 116 valence electrons. The van der Waals surface area contributed by atoms with E-state index in [2.05, 4.69) is 16.0 Å². The monoisotopic (exact) mass is 292 g/mol. The molecule has 0 radical (unpaired) electrons. The summed E-state index contributed by atoms with van der Waals surface area (Å²) in [5.74, 6) is -0.288. The fraction of sp³-hybridized carbons (Fsp3) is 0.467. The Morgan fingerprint density at radius 2 is 1.67 bits per heavy atom. The molecule has 6 nitrogen and oxygen atoms in total. The molecule has 0 saturated carbocycles. The quantitative estimate of drug-likeness (QED) is 0.661. The summed E-state index contributed by atoms with van der Waals surface area (Å²) in [5, 5.41) is 8.03. The molecule has 0 aliphatic heterocycles. The SMILES string of the molecule is CC(C)(N)CNC(=O)C(C)(C)NC(=O)Nc1ccccc1. The minimum absolute atomic E-state index is 0.288. The standard InChI is InChI=1S/C15H24N4O2/c1-14(2,16)10-17-12(20)15(3,4)19-13(21)18-11-8-6-5-7-9-11/h5-9H,10,16H2,1-4H3,(H,17,20)(H2,18,19,21). The van der Waals surface area contributed by atoms with Gasteiger partial charge in [-0.1, -0.05) is 18.2 Å². The summed E-state index contributed by atoms with van der Waals surface area (Å²) in [4.78, 5) is 24.0. The molecule has 3 amide bonds. The number of carbonyl (C=O) groups excluding carboxylic acids is 2. The van der Waals surface area contributed by atoms with E-state index in [-0.39, 0.29) is 5.91 Å². The highest BCUT2D eigenvalue weighted by Gasteiger charge is 2.30. The molecule has 6 heteroatoms. The number of rotatable bonds is 5. The van der Waals surface area contributed by atoms with Crippen molar-refractivity contribution in [2.75, 3.05) is 11.9 Å². The second kappa shape index (κ2) is 6.58. The molecule has 0 atom stereocenters. The summed E-state index contributed by atoms with van der Waals surface area (Å²) in [5.41, 5.74) is 4.94. The van der Waals surface area contributed by atoms with Gasteiger partial charge in [0, 0.05) is 17.8 Å². The lowest BCUT2D eigenvalue weighted by Gasteiger charge is -2.27. The van der Waals surface area contributed by atoms with Crippen LogP contribution in [0.25, 0.3) is 0 Å². The summed E-state index contributed by atoms with van der Waals surface area (Å²) in [6, 6.07) is 8.59. The first kappa shape index (κ1) is 17.0. The number of para-hydroxylation sites is 1. The number of hydrogen-bond acceptors (Lipinski definition) is 3. The van der Waals surface area contributed by atoms with Gasteiger partial charge in [0.05, 0.1) is 0 Å². The maximum atomic E-state index is 12.1. The molecule has 0 spiro atoms. The Morgan fingerprint density at radius 1 is 1.10 bits per heavy atom. The molecule has 1 aromatic rings. The number of carbonyl (C=O) groups is 2. The van der Waals surface area contributed by atoms with Crippen LogP contribution in [0.5, 0.6) is 0 Å². The average Bonchev–Trinajstić information content (AvgIpc) is 2.35. The molecule has 0 bridgehead atoms. The molecule has 0 heterocycles. The number of nitrogens with one attached hydrogen (secondary N) is 3. The number of amides is 3. The van der Waals surface area contributed by atoms with Crippen molar-refractivity contribution in [3.05, 3.63) is 30.3 Å². The van der Waals surface area contributed by atoms with Crippen molar-refractivity contribution >= 4 is 17.6 Å². The number of benzene rings is 1. The van der Waals surface area contributed by atoms with E-state index in [1.165, 1.54) is 0 Å². The maximum Gasteiger partial charge on any atom is 0.320 e. The van der Waals surface area contributed by atoms with Crippen LogP contribution in [0.15, 0.2) is 30.3 Å². The first-order valence-corrected chi connectivity index (χ1v) is 6.81. The van der Waals surface area contributed by atoms with Gasteiger partial charge in [-0.25, -0.2) is 4.79 Å². The topological polar surface area (TPSA) is 96.2 Å². The third kappa shape index (κ3) is 6.27. The summed E-state index contributed by atoms with van der Waals surface area (Å²) in [6.07, 6.45) is 0. The van der Waals surface area contributed by atoms with E-state index >= 15 is 0 Å².